The minimum atomic E-state index is -4.78. The first-order chi connectivity index (χ1) is 22.4. The van der Waals surface area contributed by atoms with Crippen molar-refractivity contribution in [3.8, 4) is 22.9 Å². The largest absolute Gasteiger partial charge is 0.573 e. The van der Waals surface area contributed by atoms with E-state index in [9.17, 15) is 27.3 Å². The molecule has 3 aromatic rings. The minimum Gasteiger partial charge on any atom is -0.472 e. The molecule has 0 saturated heterocycles. The predicted octanol–water partition coefficient (Wildman–Crippen LogP) is 6.74. The van der Waals surface area contributed by atoms with Crippen molar-refractivity contribution in [2.24, 2.45) is 0 Å². The Kier molecular flexibility index (Phi) is 14.0. The van der Waals surface area contributed by atoms with E-state index in [2.05, 4.69) is 33.7 Å². The number of ether oxygens (including phenoxy) is 4. The van der Waals surface area contributed by atoms with Gasteiger partial charge < -0.3 is 28.0 Å². The molecule has 1 N–H and O–H groups in total. The van der Waals surface area contributed by atoms with Crippen LogP contribution in [0.2, 0.25) is 0 Å². The van der Waals surface area contributed by atoms with Crippen molar-refractivity contribution in [1.29, 1.82) is 0 Å². The zero-order valence-corrected chi connectivity index (χ0v) is 27.3. The summed E-state index contributed by atoms with van der Waals surface area (Å²) in [6, 6.07) is 11.4. The second kappa shape index (κ2) is 17.6. The molecule has 47 heavy (non-hydrogen) atoms. The Labute approximate surface area is 270 Å². The van der Waals surface area contributed by atoms with Crippen molar-refractivity contribution in [1.82, 2.24) is 15.2 Å². The van der Waals surface area contributed by atoms with E-state index in [0.29, 0.717) is 18.2 Å². The summed E-state index contributed by atoms with van der Waals surface area (Å²) in [6.45, 7) is 2.02. The zero-order chi connectivity index (χ0) is 34.5. The molecule has 1 aliphatic rings. The summed E-state index contributed by atoms with van der Waals surface area (Å²) in [7, 11) is 0.409. The molecular formula is C31H37F3N3O9P. The fraction of sp³-hybridized carbons (Fsp3) is 0.419. The Morgan fingerprint density at radius 2 is 1.77 bits per heavy atom. The van der Waals surface area contributed by atoms with Crippen LogP contribution in [0.1, 0.15) is 49.8 Å². The maximum Gasteiger partial charge on any atom is 0.573 e. The molecule has 1 aliphatic carbocycles. The first kappa shape index (κ1) is 37.3. The van der Waals surface area contributed by atoms with Crippen LogP contribution in [0.15, 0.2) is 60.3 Å². The van der Waals surface area contributed by atoms with Crippen molar-refractivity contribution in [3.63, 3.8) is 0 Å². The van der Waals surface area contributed by atoms with Crippen molar-refractivity contribution < 1.29 is 55.3 Å². The fourth-order valence-electron chi connectivity index (χ4n) is 4.54. The number of halogens is 3. The molecule has 0 spiro atoms. The van der Waals surface area contributed by atoms with Crippen LogP contribution in [0.3, 0.4) is 0 Å². The zero-order valence-electron chi connectivity index (χ0n) is 26.4. The SMILES string of the molecule is CCOC(=O)C=C1CCC(c2ccc(-c3cc(OCc4ccccc4OC(F)(F)F)n[nH]3)cn2)CC1.COC(=O)CP(=O)(OC)OC. The highest BCUT2D eigenvalue weighted by molar-refractivity contribution is 7.54. The lowest BCUT2D eigenvalue weighted by molar-refractivity contribution is -0.275. The second-order valence-electron chi connectivity index (χ2n) is 10.1. The topological polar surface area (TPSA) is 148 Å². The third-order valence-corrected chi connectivity index (χ3v) is 8.75. The second-order valence-corrected chi connectivity index (χ2v) is 12.3. The maximum atomic E-state index is 12.6. The highest BCUT2D eigenvalue weighted by atomic mass is 31.2. The normalized spacial score (nSPS) is 14.8. The quantitative estimate of drug-likeness (QED) is 0.123. The average molecular weight is 684 g/mol. The van der Waals surface area contributed by atoms with E-state index >= 15 is 0 Å². The molecule has 4 rings (SSSR count). The Morgan fingerprint density at radius 3 is 2.36 bits per heavy atom. The Bertz CT molecular complexity index is 1530. The smallest absolute Gasteiger partial charge is 0.472 e. The number of aromatic amines is 1. The molecule has 0 bridgehead atoms. The van der Waals surface area contributed by atoms with Crippen LogP contribution in [0, 0.1) is 0 Å². The van der Waals surface area contributed by atoms with Crippen molar-refractivity contribution in [2.45, 2.75) is 51.5 Å². The minimum absolute atomic E-state index is 0.137. The van der Waals surface area contributed by atoms with Gasteiger partial charge in [-0.15, -0.1) is 18.3 Å². The number of allylic oxidation sites excluding steroid dienone is 1. The monoisotopic (exact) mass is 683 g/mol. The lowest BCUT2D eigenvalue weighted by atomic mass is 9.83. The molecule has 2 aromatic heterocycles. The van der Waals surface area contributed by atoms with Gasteiger partial charge in [-0.2, -0.15) is 0 Å². The number of nitrogens with one attached hydrogen (secondary N) is 1. The summed E-state index contributed by atoms with van der Waals surface area (Å²) < 4.78 is 76.9. The number of alkyl halides is 3. The molecule has 0 radical (unpaired) electrons. The number of rotatable bonds is 12. The van der Waals surface area contributed by atoms with Crippen LogP contribution < -0.4 is 9.47 Å². The number of carbonyl (C=O) groups is 2. The van der Waals surface area contributed by atoms with E-state index in [0.717, 1.165) is 42.5 Å². The number of aromatic nitrogens is 3. The summed E-state index contributed by atoms with van der Waals surface area (Å²) in [4.78, 5) is 26.9. The van der Waals surface area contributed by atoms with Gasteiger partial charge in [-0.3, -0.25) is 19.4 Å². The molecule has 0 aliphatic heterocycles. The lowest BCUT2D eigenvalue weighted by Gasteiger charge is -2.23. The Balaban J connectivity index is 0.000000468. The van der Waals surface area contributed by atoms with Crippen LogP contribution >= 0.6 is 7.60 Å². The lowest BCUT2D eigenvalue weighted by Crippen LogP contribution is -2.18. The van der Waals surface area contributed by atoms with Gasteiger partial charge in [0.05, 0.1) is 19.4 Å². The molecule has 0 amide bonds. The molecule has 12 nitrogen and oxygen atoms in total. The van der Waals surface area contributed by atoms with E-state index in [1.807, 2.05) is 12.1 Å². The summed E-state index contributed by atoms with van der Waals surface area (Å²) in [5.41, 5.74) is 3.83. The predicted molar refractivity (Wildman–Crippen MR) is 164 cm³/mol. The molecule has 1 saturated carbocycles. The van der Waals surface area contributed by atoms with Crippen LogP contribution in [0.5, 0.6) is 11.6 Å². The number of nitrogens with zero attached hydrogens (tertiary/aromatic N) is 2. The highest BCUT2D eigenvalue weighted by Crippen LogP contribution is 2.46. The van der Waals surface area contributed by atoms with E-state index in [1.54, 1.807) is 31.3 Å². The Hall–Kier alpha value is -4.20. The molecule has 16 heteroatoms. The number of para-hydroxylation sites is 1. The standard InChI is InChI=1S/C26H26F3N3O4.C5H11O5P/c1-2-34-25(33)13-17-7-9-18(10-8-17)21-12-11-19(15-30-21)22-14-24(32-31-22)35-16-20-5-3-4-6-23(20)36-26(27,28)29;1-8-5(6)4-11(7,9-2)10-3/h3-6,11-15,18H,2,7-10,16H2,1H3,(H,31,32);4H2,1-3H3. The van der Waals surface area contributed by atoms with Gasteiger partial charge >= 0.3 is 25.9 Å². The third-order valence-electron chi connectivity index (χ3n) is 6.99. The Morgan fingerprint density at radius 1 is 1.06 bits per heavy atom. The van der Waals surface area contributed by atoms with Gasteiger partial charge in [-0.1, -0.05) is 23.8 Å². The number of carbonyl (C=O) groups excluding carboxylic acids is 2. The number of hydrogen-bond acceptors (Lipinski definition) is 11. The van der Waals surface area contributed by atoms with Crippen molar-refractivity contribution in [3.05, 3.63) is 71.6 Å². The van der Waals surface area contributed by atoms with Gasteiger partial charge in [0.1, 0.15) is 18.5 Å². The van der Waals surface area contributed by atoms with Crippen LogP contribution in [-0.2, 0) is 39.3 Å². The van der Waals surface area contributed by atoms with Crippen LogP contribution in [-0.4, -0.2) is 67.6 Å². The van der Waals surface area contributed by atoms with E-state index < -0.39 is 19.9 Å². The number of pyridine rings is 1. The van der Waals surface area contributed by atoms with E-state index in [4.69, 9.17) is 9.47 Å². The molecule has 1 fully saturated rings. The average Bonchev–Trinajstić information content (AvgIpc) is 3.53. The van der Waals surface area contributed by atoms with Gasteiger partial charge in [0.15, 0.2) is 0 Å². The summed E-state index contributed by atoms with van der Waals surface area (Å²) in [6.07, 6.45) is 1.73. The van der Waals surface area contributed by atoms with Gasteiger partial charge in [-0.05, 0) is 50.8 Å². The van der Waals surface area contributed by atoms with Gasteiger partial charge in [0.25, 0.3) is 0 Å². The number of benzene rings is 1. The number of H-pyrrole nitrogens is 1. The molecule has 256 valence electrons. The van der Waals surface area contributed by atoms with Crippen LogP contribution in [0.25, 0.3) is 11.3 Å². The first-order valence-corrected chi connectivity index (χ1v) is 16.2. The van der Waals surface area contributed by atoms with Gasteiger partial charge in [0, 0.05) is 55.3 Å². The van der Waals surface area contributed by atoms with Crippen LogP contribution in [0.4, 0.5) is 13.2 Å². The third kappa shape index (κ3) is 12.2. The summed E-state index contributed by atoms with van der Waals surface area (Å²) in [5, 5.41) is 6.95. The molecular weight excluding hydrogens is 646 g/mol. The van der Waals surface area contributed by atoms with Crippen molar-refractivity contribution >= 4 is 19.5 Å². The molecule has 2 heterocycles. The molecule has 0 unspecified atom stereocenters. The number of hydrogen-bond donors (Lipinski definition) is 1. The highest BCUT2D eigenvalue weighted by Gasteiger charge is 2.32. The first-order valence-electron chi connectivity index (χ1n) is 14.5. The van der Waals surface area contributed by atoms with Gasteiger partial charge in [0.2, 0.25) is 5.88 Å². The van der Waals surface area contributed by atoms with Crippen molar-refractivity contribution in [2.75, 3.05) is 34.1 Å². The molecule has 0 atom stereocenters. The van der Waals surface area contributed by atoms with Gasteiger partial charge in [-0.25, -0.2) is 4.79 Å². The number of methoxy groups -OCH3 is 1. The molecule has 1 aromatic carbocycles. The summed E-state index contributed by atoms with van der Waals surface area (Å²) in [5.74, 6) is -0.652. The number of esters is 2. The van der Waals surface area contributed by atoms with E-state index in [-0.39, 0.29) is 35.9 Å². The van der Waals surface area contributed by atoms with E-state index in [1.165, 1.54) is 39.5 Å². The maximum absolute atomic E-state index is 12.6. The summed E-state index contributed by atoms with van der Waals surface area (Å²) >= 11 is 0. The fourth-order valence-corrected chi connectivity index (χ4v) is 5.39.